The van der Waals surface area contributed by atoms with Gasteiger partial charge in [-0.25, -0.2) is 0 Å². The van der Waals surface area contributed by atoms with Crippen molar-refractivity contribution in [2.24, 2.45) is 0 Å². The second kappa shape index (κ2) is 5.44. The number of nitrogens with one attached hydrogen (secondary N) is 2. The molecule has 1 atom stereocenters. The number of ether oxygens (including phenoxy) is 1. The lowest BCUT2D eigenvalue weighted by Crippen LogP contribution is -2.37. The molecule has 0 aromatic heterocycles. The molecule has 3 rings (SSSR count). The Morgan fingerprint density at radius 2 is 2.14 bits per heavy atom. The van der Waals surface area contributed by atoms with Gasteiger partial charge in [0, 0.05) is 23.6 Å². The van der Waals surface area contributed by atoms with Crippen molar-refractivity contribution >= 4 is 28.3 Å². The Morgan fingerprint density at radius 3 is 2.86 bits per heavy atom. The molecular weight excluding hydrogens is 268 g/mol. The number of anilines is 1. The lowest BCUT2D eigenvalue weighted by molar-refractivity contribution is -0.122. The summed E-state index contributed by atoms with van der Waals surface area (Å²) in [6.07, 6.45) is 0.939. The zero-order valence-electron chi connectivity index (χ0n) is 11.7. The van der Waals surface area contributed by atoms with Crippen molar-refractivity contribution in [1.82, 2.24) is 5.32 Å². The second-order valence-corrected chi connectivity index (χ2v) is 5.05. The minimum Gasteiger partial charge on any atom is -0.496 e. The van der Waals surface area contributed by atoms with E-state index in [1.807, 2.05) is 30.3 Å². The zero-order valence-corrected chi connectivity index (χ0v) is 11.7. The molecule has 5 nitrogen and oxygen atoms in total. The Balaban J connectivity index is 1.87. The summed E-state index contributed by atoms with van der Waals surface area (Å²) < 4.78 is 5.37. The molecule has 1 fully saturated rings. The maximum atomic E-state index is 12.1. The van der Waals surface area contributed by atoms with Crippen molar-refractivity contribution in [2.45, 2.75) is 18.9 Å². The van der Waals surface area contributed by atoms with Gasteiger partial charge in [-0.15, -0.1) is 0 Å². The largest absolute Gasteiger partial charge is 0.496 e. The number of hydrogen-bond donors (Lipinski definition) is 2. The number of carbonyl (C=O) groups is 2. The van der Waals surface area contributed by atoms with Crippen LogP contribution in [0.2, 0.25) is 0 Å². The van der Waals surface area contributed by atoms with Crippen molar-refractivity contribution < 1.29 is 14.3 Å². The normalized spacial score (nSPS) is 17.6. The highest BCUT2D eigenvalue weighted by Crippen LogP contribution is 2.29. The van der Waals surface area contributed by atoms with Crippen molar-refractivity contribution in [3.8, 4) is 5.75 Å². The van der Waals surface area contributed by atoms with Gasteiger partial charge in [-0.05, 0) is 17.9 Å². The van der Waals surface area contributed by atoms with Gasteiger partial charge in [0.25, 0.3) is 0 Å². The molecule has 0 unspecified atom stereocenters. The van der Waals surface area contributed by atoms with Crippen LogP contribution in [0.25, 0.3) is 10.8 Å². The summed E-state index contributed by atoms with van der Waals surface area (Å²) >= 11 is 0. The summed E-state index contributed by atoms with van der Waals surface area (Å²) in [5.41, 5.74) is 0.664. The molecule has 1 aliphatic rings. The molecule has 0 radical (unpaired) electrons. The number of rotatable bonds is 3. The molecule has 5 heteroatoms. The minimum absolute atomic E-state index is 0.0776. The summed E-state index contributed by atoms with van der Waals surface area (Å²) in [6.45, 7) is 0. The molecule has 1 aliphatic heterocycles. The molecule has 108 valence electrons. The summed E-state index contributed by atoms with van der Waals surface area (Å²) in [5.74, 6) is 0.434. The first-order valence-corrected chi connectivity index (χ1v) is 6.84. The van der Waals surface area contributed by atoms with Crippen molar-refractivity contribution in [3.05, 3.63) is 36.4 Å². The predicted octanol–water partition coefficient (Wildman–Crippen LogP) is 2.07. The van der Waals surface area contributed by atoms with E-state index in [9.17, 15) is 9.59 Å². The van der Waals surface area contributed by atoms with E-state index in [4.69, 9.17) is 4.74 Å². The number of carbonyl (C=O) groups excluding carboxylic acids is 2. The van der Waals surface area contributed by atoms with Crippen LogP contribution in [0.5, 0.6) is 5.75 Å². The molecule has 2 aromatic rings. The van der Waals surface area contributed by atoms with Gasteiger partial charge < -0.3 is 15.4 Å². The molecular formula is C16H16N2O3. The lowest BCUT2D eigenvalue weighted by Gasteiger charge is -2.13. The third-order valence-corrected chi connectivity index (χ3v) is 3.62. The van der Waals surface area contributed by atoms with Gasteiger partial charge in [0.05, 0.1) is 7.11 Å². The van der Waals surface area contributed by atoms with Gasteiger partial charge in [-0.2, -0.15) is 0 Å². The topological polar surface area (TPSA) is 67.4 Å². The van der Waals surface area contributed by atoms with E-state index in [0.717, 1.165) is 10.8 Å². The summed E-state index contributed by atoms with van der Waals surface area (Å²) in [7, 11) is 1.60. The summed E-state index contributed by atoms with van der Waals surface area (Å²) in [4.78, 5) is 23.3. The summed E-state index contributed by atoms with van der Waals surface area (Å²) in [5, 5.41) is 7.48. The number of hydrogen-bond acceptors (Lipinski definition) is 3. The van der Waals surface area contributed by atoms with E-state index in [-0.39, 0.29) is 11.8 Å². The maximum absolute atomic E-state index is 12.1. The SMILES string of the molecule is COc1cc(NC(=O)[C@@H]2CCC(=O)N2)cc2ccccc12. The van der Waals surface area contributed by atoms with Crippen LogP contribution >= 0.6 is 0 Å². The van der Waals surface area contributed by atoms with E-state index >= 15 is 0 Å². The van der Waals surface area contributed by atoms with Crippen molar-refractivity contribution in [2.75, 3.05) is 12.4 Å². The first kappa shape index (κ1) is 13.4. The van der Waals surface area contributed by atoms with Crippen molar-refractivity contribution in [3.63, 3.8) is 0 Å². The number of benzene rings is 2. The highest BCUT2D eigenvalue weighted by atomic mass is 16.5. The lowest BCUT2D eigenvalue weighted by atomic mass is 10.1. The molecule has 1 saturated heterocycles. The molecule has 2 amide bonds. The fourth-order valence-electron chi connectivity index (χ4n) is 2.56. The monoisotopic (exact) mass is 284 g/mol. The van der Waals surface area contributed by atoms with E-state index in [1.54, 1.807) is 13.2 Å². The molecule has 2 aromatic carbocycles. The number of amides is 2. The minimum atomic E-state index is -0.449. The predicted molar refractivity (Wildman–Crippen MR) is 80.3 cm³/mol. The molecule has 21 heavy (non-hydrogen) atoms. The van der Waals surface area contributed by atoms with Crippen LogP contribution in [0.3, 0.4) is 0 Å². The fourth-order valence-corrected chi connectivity index (χ4v) is 2.56. The van der Waals surface area contributed by atoms with Gasteiger partial charge in [0.15, 0.2) is 0 Å². The molecule has 2 N–H and O–H groups in total. The fraction of sp³-hybridized carbons (Fsp3) is 0.250. The van der Waals surface area contributed by atoms with Crippen LogP contribution in [-0.2, 0) is 9.59 Å². The van der Waals surface area contributed by atoms with Gasteiger partial charge >= 0.3 is 0 Å². The standard InChI is InChI=1S/C16H16N2O3/c1-21-14-9-11(8-10-4-2-3-5-12(10)14)17-16(20)13-6-7-15(19)18-13/h2-5,8-9,13H,6-7H2,1H3,(H,17,20)(H,18,19)/t13-/m0/s1. The summed E-state index contributed by atoms with van der Waals surface area (Å²) in [6, 6.07) is 11.0. The van der Waals surface area contributed by atoms with Crippen LogP contribution in [0.15, 0.2) is 36.4 Å². The first-order valence-electron chi connectivity index (χ1n) is 6.84. The Kier molecular flexibility index (Phi) is 3.48. The van der Waals surface area contributed by atoms with Crippen LogP contribution in [0.1, 0.15) is 12.8 Å². The third-order valence-electron chi connectivity index (χ3n) is 3.62. The molecule has 0 aliphatic carbocycles. The average Bonchev–Trinajstić information content (AvgIpc) is 2.93. The molecule has 0 spiro atoms. The van der Waals surface area contributed by atoms with Gasteiger partial charge in [0.2, 0.25) is 11.8 Å². The average molecular weight is 284 g/mol. The maximum Gasteiger partial charge on any atom is 0.246 e. The smallest absolute Gasteiger partial charge is 0.246 e. The number of fused-ring (bicyclic) bond motifs is 1. The van der Waals surface area contributed by atoms with E-state index < -0.39 is 6.04 Å². The van der Waals surface area contributed by atoms with Gasteiger partial charge in [0.1, 0.15) is 11.8 Å². The Hall–Kier alpha value is -2.56. The second-order valence-electron chi connectivity index (χ2n) is 5.05. The first-order chi connectivity index (χ1) is 10.2. The highest BCUT2D eigenvalue weighted by molar-refractivity contribution is 6.01. The molecule has 1 heterocycles. The molecule has 0 saturated carbocycles. The van der Waals surface area contributed by atoms with Crippen LogP contribution in [-0.4, -0.2) is 25.0 Å². The van der Waals surface area contributed by atoms with Crippen LogP contribution in [0, 0.1) is 0 Å². The Labute approximate surface area is 122 Å². The zero-order chi connectivity index (χ0) is 14.8. The van der Waals surface area contributed by atoms with E-state index in [1.165, 1.54) is 0 Å². The molecule has 0 bridgehead atoms. The Bertz CT molecular complexity index is 712. The quantitative estimate of drug-likeness (QED) is 0.906. The highest BCUT2D eigenvalue weighted by Gasteiger charge is 2.27. The van der Waals surface area contributed by atoms with E-state index in [2.05, 4.69) is 10.6 Å². The Morgan fingerprint density at radius 1 is 1.33 bits per heavy atom. The van der Waals surface area contributed by atoms with E-state index in [0.29, 0.717) is 24.3 Å². The van der Waals surface area contributed by atoms with Crippen molar-refractivity contribution in [1.29, 1.82) is 0 Å². The van der Waals surface area contributed by atoms with Crippen LogP contribution in [0.4, 0.5) is 5.69 Å². The number of methoxy groups -OCH3 is 1. The van der Waals surface area contributed by atoms with Crippen LogP contribution < -0.4 is 15.4 Å². The van der Waals surface area contributed by atoms with Gasteiger partial charge in [-0.3, -0.25) is 9.59 Å². The van der Waals surface area contributed by atoms with Gasteiger partial charge in [-0.1, -0.05) is 24.3 Å². The third kappa shape index (κ3) is 2.67.